The molecule has 0 aliphatic rings. The molecule has 0 radical (unpaired) electrons. The molecule has 4 aromatic heterocycles. The van der Waals surface area contributed by atoms with Gasteiger partial charge in [-0.25, -0.2) is 4.98 Å². The molecular weight excluding hydrogens is 1650 g/mol. The minimum Gasteiger partial charge on any atom is -0.481 e. The summed E-state index contributed by atoms with van der Waals surface area (Å²) in [6, 6.07) is 66.6. The lowest BCUT2D eigenvalue weighted by Crippen LogP contribution is -2.32. The second-order valence-corrected chi connectivity index (χ2v) is 35.8. The third-order valence-electron chi connectivity index (χ3n) is 25.9. The van der Waals surface area contributed by atoms with Crippen LogP contribution in [0.1, 0.15) is 177 Å². The lowest BCUT2D eigenvalue weighted by atomic mass is 9.81. The number of carboxylic acid groups (broad SMARTS) is 3. The Kier molecular flexibility index (Phi) is 33.5. The lowest BCUT2D eigenvalue weighted by molar-refractivity contribution is -0.151. The van der Waals surface area contributed by atoms with E-state index in [0.717, 1.165) is 151 Å². The fourth-order valence-corrected chi connectivity index (χ4v) is 15.7. The predicted octanol–water partition coefficient (Wildman–Crippen LogP) is 23.7. The number of fused-ring (bicyclic) bond motifs is 2. The first-order chi connectivity index (χ1) is 63.1. The largest absolute Gasteiger partial charge is 0.481 e. The van der Waals surface area contributed by atoms with Gasteiger partial charge in [0.25, 0.3) is 0 Å². The normalized spacial score (nSPS) is 13.4. The number of carbonyl (C=O) groups is 4. The number of pyridine rings is 1. The molecular formula is C114H122N6O12. The van der Waals surface area contributed by atoms with Gasteiger partial charge < -0.3 is 40.2 Å². The first-order valence-corrected chi connectivity index (χ1v) is 44.7. The highest BCUT2D eigenvalue weighted by Crippen LogP contribution is 2.37. The minimum absolute atomic E-state index is 0.0279. The van der Waals surface area contributed by atoms with Crippen LogP contribution in [0.2, 0.25) is 0 Å². The quantitative estimate of drug-likeness (QED) is 0.0193. The monoisotopic (exact) mass is 1770 g/mol. The summed E-state index contributed by atoms with van der Waals surface area (Å²) in [6.07, 6.45) is 32.1. The molecule has 0 aliphatic heterocycles. The van der Waals surface area contributed by atoms with E-state index in [2.05, 4.69) is 281 Å². The topological polar surface area (TPSA) is 292 Å². The van der Waals surface area contributed by atoms with Crippen LogP contribution in [0.15, 0.2) is 236 Å². The molecule has 0 bridgehead atoms. The van der Waals surface area contributed by atoms with E-state index in [4.69, 9.17) is 4.42 Å². The van der Waals surface area contributed by atoms with Crippen molar-refractivity contribution in [2.24, 2.45) is 28.7 Å². The van der Waals surface area contributed by atoms with E-state index >= 15 is 0 Å². The summed E-state index contributed by atoms with van der Waals surface area (Å²) in [4.78, 5) is 63.5. The van der Waals surface area contributed by atoms with Crippen LogP contribution in [0.3, 0.4) is 0 Å². The second kappa shape index (κ2) is 44.7. The number of hydrogen-bond acceptors (Lipinski definition) is 14. The number of ketones is 1. The molecule has 0 spiro atoms. The third kappa shape index (κ3) is 25.1. The average Bonchev–Trinajstić information content (AvgIpc) is 1.62. The van der Waals surface area contributed by atoms with Crippen LogP contribution in [0.25, 0.3) is 115 Å². The molecule has 18 nitrogen and oxygen atoms in total. The maximum atomic E-state index is 11.9. The molecule has 680 valence electrons. The van der Waals surface area contributed by atoms with Crippen LogP contribution in [0.5, 0.6) is 0 Å². The summed E-state index contributed by atoms with van der Waals surface area (Å²) in [7, 11) is 1.94. The molecule has 18 heteroatoms. The number of carboxylic acids is 3. The van der Waals surface area contributed by atoms with Gasteiger partial charge in [-0.2, -0.15) is 5.10 Å². The Labute approximate surface area is 775 Å². The van der Waals surface area contributed by atoms with E-state index < -0.39 is 39.6 Å². The van der Waals surface area contributed by atoms with Crippen LogP contribution < -0.4 is 0 Å². The van der Waals surface area contributed by atoms with E-state index in [-0.39, 0.29) is 32.2 Å². The zero-order valence-corrected chi connectivity index (χ0v) is 78.4. The Morgan fingerprint density at radius 1 is 0.371 bits per heavy atom. The second-order valence-electron chi connectivity index (χ2n) is 35.8. The van der Waals surface area contributed by atoms with Crippen molar-refractivity contribution < 1.29 is 59.3 Å². The maximum Gasteiger partial charge on any atom is 0.311 e. The van der Waals surface area contributed by atoms with Crippen LogP contribution in [0.4, 0.5) is 0 Å². The lowest BCUT2D eigenvalue weighted by Gasteiger charge is -2.24. The number of Topliss-reactive ketones (excluding diaryl/α,β-unsaturated/α-hetero) is 1. The molecule has 0 aliphatic carbocycles. The summed E-state index contributed by atoms with van der Waals surface area (Å²) in [5.41, 5.74) is 30.1. The third-order valence-corrected chi connectivity index (χ3v) is 25.9. The fourth-order valence-electron chi connectivity index (χ4n) is 15.7. The van der Waals surface area contributed by atoms with E-state index in [1.807, 2.05) is 80.4 Å². The number of aliphatic hydroxyl groups excluding tert-OH is 4. The van der Waals surface area contributed by atoms with E-state index in [1.54, 1.807) is 52.5 Å². The van der Waals surface area contributed by atoms with Crippen molar-refractivity contribution >= 4 is 94.3 Å². The molecule has 0 fully saturated rings. The van der Waals surface area contributed by atoms with Gasteiger partial charge in [-0.05, 0) is 298 Å². The molecule has 4 heterocycles. The van der Waals surface area contributed by atoms with Crippen LogP contribution in [0, 0.1) is 84.0 Å². The molecule has 0 saturated heterocycles. The van der Waals surface area contributed by atoms with Crippen molar-refractivity contribution in [3.05, 3.63) is 348 Å². The number of hydrogen-bond donors (Lipinski definition) is 7. The molecule has 14 rings (SSSR count). The summed E-state index contributed by atoms with van der Waals surface area (Å²) >= 11 is 0. The van der Waals surface area contributed by atoms with E-state index in [9.17, 15) is 54.9 Å². The van der Waals surface area contributed by atoms with E-state index in [0.29, 0.717) is 50.8 Å². The summed E-state index contributed by atoms with van der Waals surface area (Å²) < 4.78 is 7.57. The average molecular weight is 1770 g/mol. The van der Waals surface area contributed by atoms with Gasteiger partial charge in [0, 0.05) is 66.9 Å². The van der Waals surface area contributed by atoms with Gasteiger partial charge in [0.1, 0.15) is 11.3 Å². The Balaban J connectivity index is 0.000000170. The SMILES string of the molecule is CC(=O)[C@](C)(CO)CCc1ccc(C)c(/C=C/c2cccc(-c3ccc4nc(C)oc4c3)c2C)c1.Cc1ccc(CC[C@@](C)(CO)C(=O)O)cc1/C=C/c1cccc(-c2ccc3cn(C)nc3c2)c1C.Cc1ccc(CC[C@@](C)(CO)C(=O)O)cc1/C=C/c1cccc(-c2cccnc2)c1C.Cc1ccc(CC[C@@](C)(CO)C(=O)O)cc1/C=C/c1cccc(-c2cnccn2)c1C. The number of aliphatic hydroxyl groups is 4. The molecule has 7 N–H and O–H groups in total. The number of aryl methyl sites for hydroxylation is 10. The van der Waals surface area contributed by atoms with Crippen molar-refractivity contribution in [2.75, 3.05) is 26.4 Å². The minimum atomic E-state index is -1.13. The van der Waals surface area contributed by atoms with Crippen molar-refractivity contribution in [1.82, 2.24) is 29.7 Å². The zero-order valence-electron chi connectivity index (χ0n) is 78.4. The highest BCUT2D eigenvalue weighted by Gasteiger charge is 2.35. The number of aromatic nitrogens is 6. The van der Waals surface area contributed by atoms with E-state index in [1.165, 1.54) is 33.4 Å². The smallest absolute Gasteiger partial charge is 0.311 e. The zero-order chi connectivity index (χ0) is 95.2. The van der Waals surface area contributed by atoms with Gasteiger partial charge in [0.15, 0.2) is 11.5 Å². The molecule has 4 atom stereocenters. The van der Waals surface area contributed by atoms with Crippen LogP contribution in [-0.4, -0.2) is 116 Å². The van der Waals surface area contributed by atoms with Gasteiger partial charge in [0.2, 0.25) is 0 Å². The first kappa shape index (κ1) is 98.8. The number of aliphatic carboxylic acids is 3. The number of oxazole rings is 1. The highest BCUT2D eigenvalue weighted by molar-refractivity contribution is 5.88. The Morgan fingerprint density at radius 3 is 1.11 bits per heavy atom. The maximum absolute atomic E-state index is 11.9. The number of rotatable bonds is 32. The predicted molar refractivity (Wildman–Crippen MR) is 534 cm³/mol. The highest BCUT2D eigenvalue weighted by atomic mass is 16.4. The number of nitrogens with zero attached hydrogens (tertiary/aromatic N) is 6. The van der Waals surface area contributed by atoms with Gasteiger partial charge in [-0.15, -0.1) is 0 Å². The Bertz CT molecular complexity index is 6190. The first-order valence-electron chi connectivity index (χ1n) is 44.7. The van der Waals surface area contributed by atoms with Crippen molar-refractivity contribution in [2.45, 2.75) is 148 Å². The van der Waals surface area contributed by atoms with Gasteiger partial charge in [0.05, 0.1) is 60.1 Å². The van der Waals surface area contributed by atoms with Crippen molar-refractivity contribution in [1.29, 1.82) is 0 Å². The molecule has 14 aromatic rings. The van der Waals surface area contributed by atoms with Gasteiger partial charge in [-0.3, -0.25) is 38.8 Å². The standard InChI is InChI=1S/C31H33NO3.C30H32N2O3.C27H29NO3.C26H28N2O3/c1-20-9-10-24(15-16-31(5,19-33)22(3)34)17-26(20)12-11-25-7-6-8-28(21(25)2)27-13-14-29-30(18-27)35-23(4)32-29;1-20-8-9-22(14-15-30(3,19-33)29(34)35)16-24(20)11-10-23-6-5-7-27(21(23)2)25-12-13-26-18-32(4)31-28(26)17-25;1-19-9-10-21(13-14-27(3,18-29)26(30)31)16-23(19)12-11-22-6-4-8-25(20(22)2)24-7-5-15-28-17-24;1-18-7-8-20(11-12-26(3,17-29)25(30)31)15-22(18)10-9-21-5-4-6-23(19(21)2)24-16-27-13-14-28-24/h6-14,17-18,33H,15-16,19H2,1-5H3;5-13,16-18,33H,14-15,19H2,1-4H3,(H,34,35);4-12,15-17,29H,13-14,18H2,1-3H3,(H,30,31);4-10,13-16,29H,11-12,17H2,1-3H3,(H,30,31)/b12-11+;11-10+;12-11+;10-9+/t31-;30-;27-;26-/m0000/s1. The fraction of sp³-hybridized carbons (Fsp3) is 0.272. The summed E-state index contributed by atoms with van der Waals surface area (Å²) in [5.74, 6) is -2.21. The summed E-state index contributed by atoms with van der Waals surface area (Å²) in [6.45, 7) is 25.6. The molecule has 0 saturated carbocycles. The molecule has 10 aromatic carbocycles. The van der Waals surface area contributed by atoms with Crippen molar-refractivity contribution in [3.8, 4) is 44.6 Å². The summed E-state index contributed by atoms with van der Waals surface area (Å²) in [5, 5.41) is 72.0. The van der Waals surface area contributed by atoms with Crippen LogP contribution in [-0.2, 0) is 51.9 Å². The van der Waals surface area contributed by atoms with Crippen molar-refractivity contribution in [3.63, 3.8) is 0 Å². The van der Waals surface area contributed by atoms with Gasteiger partial charge >= 0.3 is 17.9 Å². The van der Waals surface area contributed by atoms with Gasteiger partial charge in [-0.1, -0.05) is 225 Å². The molecule has 0 amide bonds. The Morgan fingerprint density at radius 2 is 0.735 bits per heavy atom. The number of carbonyl (C=O) groups excluding carboxylic acids is 1. The number of benzene rings is 10. The molecule has 0 unspecified atom stereocenters. The van der Waals surface area contributed by atoms with Crippen LogP contribution >= 0.6 is 0 Å². The Hall–Kier alpha value is -13.8. The molecule has 132 heavy (non-hydrogen) atoms.